The largest absolute Gasteiger partial charge is 0.493 e. The third-order valence-corrected chi connectivity index (χ3v) is 6.54. The second-order valence-electron chi connectivity index (χ2n) is 8.36. The van der Waals surface area contributed by atoms with Crippen LogP contribution < -0.4 is 14.8 Å². The average Bonchev–Trinajstić information content (AvgIpc) is 2.86. The Kier molecular flexibility index (Phi) is 9.03. The molecule has 0 bridgehead atoms. The molecule has 0 aliphatic carbocycles. The molecule has 7 heteroatoms. The van der Waals surface area contributed by atoms with Crippen molar-refractivity contribution < 1.29 is 19.0 Å². The van der Waals surface area contributed by atoms with E-state index in [1.165, 1.54) is 5.56 Å². The second kappa shape index (κ2) is 12.0. The molecule has 178 valence electrons. The minimum absolute atomic E-state index is 0. The van der Waals surface area contributed by atoms with Crippen molar-refractivity contribution in [2.45, 2.75) is 31.5 Å². The topological polar surface area (TPSA) is 60.0 Å². The van der Waals surface area contributed by atoms with Gasteiger partial charge in [-0.15, -0.1) is 12.4 Å². The van der Waals surface area contributed by atoms with Gasteiger partial charge in [0.05, 0.1) is 20.3 Å². The predicted molar refractivity (Wildman–Crippen MR) is 132 cm³/mol. The summed E-state index contributed by atoms with van der Waals surface area (Å²) in [6.45, 7) is 2.46. The van der Waals surface area contributed by atoms with Gasteiger partial charge in [0.1, 0.15) is 6.10 Å². The fraction of sp³-hybridized carbons (Fsp3) is 0.423. The fourth-order valence-corrected chi connectivity index (χ4v) is 4.84. The van der Waals surface area contributed by atoms with Crippen molar-refractivity contribution in [1.29, 1.82) is 0 Å². The third kappa shape index (κ3) is 5.81. The van der Waals surface area contributed by atoms with E-state index in [-0.39, 0.29) is 24.6 Å². The van der Waals surface area contributed by atoms with Crippen molar-refractivity contribution >= 4 is 24.9 Å². The SMILES string of the molecule is COc1ccc2c(c1OC)CC(C1CCN(/C=C\c3ccccc3)CC1)OC2CNC=O.Cl. The summed E-state index contributed by atoms with van der Waals surface area (Å²) in [5.41, 5.74) is 3.41. The van der Waals surface area contributed by atoms with E-state index < -0.39 is 0 Å². The number of rotatable bonds is 8. The number of carbonyl (C=O) groups is 1. The summed E-state index contributed by atoms with van der Waals surface area (Å²) in [7, 11) is 3.34. The number of fused-ring (bicyclic) bond motifs is 1. The standard InChI is InChI=1S/C26H32N2O4.ClH/c1-30-23-9-8-21-22(26(23)31-2)16-24(32-25(21)17-27-18-29)20-11-14-28(15-12-20)13-10-19-6-4-3-5-7-19;/h3-10,13,18,20,24-25H,11-12,14-17H2,1-2H3,(H,27,29);1H/b13-10-;. The smallest absolute Gasteiger partial charge is 0.207 e. The molecule has 2 unspecified atom stereocenters. The first-order chi connectivity index (χ1) is 15.7. The van der Waals surface area contributed by atoms with Crippen molar-refractivity contribution in [2.24, 2.45) is 5.92 Å². The lowest BCUT2D eigenvalue weighted by atomic mass is 9.83. The number of halogens is 1. The van der Waals surface area contributed by atoms with Crippen LogP contribution in [0.15, 0.2) is 48.7 Å². The molecule has 1 N–H and O–H groups in total. The number of hydrogen-bond acceptors (Lipinski definition) is 5. The van der Waals surface area contributed by atoms with Crippen molar-refractivity contribution in [2.75, 3.05) is 33.9 Å². The number of methoxy groups -OCH3 is 2. The lowest BCUT2D eigenvalue weighted by Gasteiger charge is -2.40. The first-order valence-corrected chi connectivity index (χ1v) is 11.3. The maximum Gasteiger partial charge on any atom is 0.207 e. The van der Waals surface area contributed by atoms with E-state index in [0.29, 0.717) is 12.5 Å². The van der Waals surface area contributed by atoms with E-state index in [2.05, 4.69) is 46.8 Å². The average molecular weight is 473 g/mol. The first kappa shape index (κ1) is 24.9. The van der Waals surface area contributed by atoms with Crippen molar-refractivity contribution in [1.82, 2.24) is 10.2 Å². The highest BCUT2D eigenvalue weighted by Crippen LogP contribution is 2.43. The molecule has 0 spiro atoms. The summed E-state index contributed by atoms with van der Waals surface area (Å²) < 4.78 is 17.8. The molecule has 2 atom stereocenters. The molecule has 0 aromatic heterocycles. The molecule has 0 saturated carbocycles. The molecule has 2 heterocycles. The van der Waals surface area contributed by atoms with Gasteiger partial charge in [-0.3, -0.25) is 4.79 Å². The molecule has 33 heavy (non-hydrogen) atoms. The van der Waals surface area contributed by atoms with Crippen LogP contribution in [0.3, 0.4) is 0 Å². The Morgan fingerprint density at radius 1 is 1.09 bits per heavy atom. The van der Waals surface area contributed by atoms with Gasteiger partial charge >= 0.3 is 0 Å². The normalized spacial score (nSPS) is 20.6. The number of carbonyl (C=O) groups excluding carboxylic acids is 1. The van der Waals surface area contributed by atoms with E-state index in [4.69, 9.17) is 14.2 Å². The van der Waals surface area contributed by atoms with Crippen molar-refractivity contribution in [3.05, 3.63) is 65.4 Å². The van der Waals surface area contributed by atoms with Gasteiger partial charge in [-0.25, -0.2) is 0 Å². The van der Waals surface area contributed by atoms with Crippen LogP contribution in [0.5, 0.6) is 11.5 Å². The highest BCUT2D eigenvalue weighted by molar-refractivity contribution is 5.85. The highest BCUT2D eigenvalue weighted by Gasteiger charge is 2.36. The molecule has 6 nitrogen and oxygen atoms in total. The number of nitrogens with zero attached hydrogens (tertiary/aromatic N) is 1. The number of ether oxygens (including phenoxy) is 3. The predicted octanol–water partition coefficient (Wildman–Crippen LogP) is 4.24. The number of piperidine rings is 1. The Morgan fingerprint density at radius 3 is 2.52 bits per heavy atom. The summed E-state index contributed by atoms with van der Waals surface area (Å²) >= 11 is 0. The molecule has 2 aromatic rings. The van der Waals surface area contributed by atoms with Gasteiger partial charge in [0.15, 0.2) is 11.5 Å². The summed E-state index contributed by atoms with van der Waals surface area (Å²) in [5, 5.41) is 2.79. The van der Waals surface area contributed by atoms with Gasteiger partial charge in [-0.1, -0.05) is 36.4 Å². The van der Waals surface area contributed by atoms with Crippen molar-refractivity contribution in [3.63, 3.8) is 0 Å². The van der Waals surface area contributed by atoms with Gasteiger partial charge in [-0.2, -0.15) is 0 Å². The van der Waals surface area contributed by atoms with Gasteiger partial charge in [0, 0.05) is 31.6 Å². The summed E-state index contributed by atoms with van der Waals surface area (Å²) in [6, 6.07) is 14.3. The Morgan fingerprint density at radius 2 is 1.85 bits per heavy atom. The number of hydrogen-bond donors (Lipinski definition) is 1. The second-order valence-corrected chi connectivity index (χ2v) is 8.36. The molecule has 2 aromatic carbocycles. The lowest BCUT2D eigenvalue weighted by Crippen LogP contribution is -2.41. The molecular weight excluding hydrogens is 440 g/mol. The van der Waals surface area contributed by atoms with Crippen molar-refractivity contribution in [3.8, 4) is 11.5 Å². The lowest BCUT2D eigenvalue weighted by molar-refractivity contribution is -0.111. The minimum atomic E-state index is -0.190. The molecule has 1 fully saturated rings. The number of likely N-dealkylation sites (tertiary alicyclic amines) is 1. The van der Waals surface area contributed by atoms with Crippen LogP contribution in [-0.2, 0) is 16.0 Å². The van der Waals surface area contributed by atoms with Gasteiger partial charge in [0.2, 0.25) is 6.41 Å². The van der Waals surface area contributed by atoms with Crippen LogP contribution in [0.2, 0.25) is 0 Å². The van der Waals surface area contributed by atoms with E-state index in [0.717, 1.165) is 61.4 Å². The van der Waals surface area contributed by atoms with E-state index in [1.54, 1.807) is 14.2 Å². The number of benzene rings is 2. The van der Waals surface area contributed by atoms with Crippen LogP contribution in [0.1, 0.15) is 35.6 Å². The van der Waals surface area contributed by atoms with Gasteiger partial charge in [-0.05, 0) is 48.2 Å². The highest BCUT2D eigenvalue weighted by atomic mass is 35.5. The molecule has 1 saturated heterocycles. The Balaban J connectivity index is 0.00000306. The molecule has 4 rings (SSSR count). The Bertz CT molecular complexity index is 929. The quantitative estimate of drug-likeness (QED) is 0.582. The third-order valence-electron chi connectivity index (χ3n) is 6.54. The summed E-state index contributed by atoms with van der Waals surface area (Å²) in [4.78, 5) is 13.3. The van der Waals surface area contributed by atoms with Gasteiger partial charge < -0.3 is 24.4 Å². The Labute approximate surface area is 202 Å². The zero-order valence-electron chi connectivity index (χ0n) is 19.2. The number of nitrogens with one attached hydrogen (secondary N) is 1. The van der Waals surface area contributed by atoms with Crippen LogP contribution >= 0.6 is 12.4 Å². The maximum absolute atomic E-state index is 10.9. The minimum Gasteiger partial charge on any atom is -0.493 e. The van der Waals surface area contributed by atoms with E-state index in [1.807, 2.05) is 18.2 Å². The fourth-order valence-electron chi connectivity index (χ4n) is 4.84. The van der Waals surface area contributed by atoms with Crippen LogP contribution in [0, 0.1) is 5.92 Å². The zero-order valence-corrected chi connectivity index (χ0v) is 20.1. The van der Waals surface area contributed by atoms with Crippen LogP contribution in [-0.4, -0.2) is 51.3 Å². The molecule has 2 aliphatic rings. The summed E-state index contributed by atoms with van der Waals surface area (Å²) in [6.07, 6.45) is 7.92. The first-order valence-electron chi connectivity index (χ1n) is 11.3. The number of amides is 1. The van der Waals surface area contributed by atoms with Gasteiger partial charge in [0.25, 0.3) is 0 Å². The zero-order chi connectivity index (χ0) is 22.3. The Hall–Kier alpha value is -2.70. The van der Waals surface area contributed by atoms with E-state index >= 15 is 0 Å². The molecular formula is C26H33ClN2O4. The van der Waals surface area contributed by atoms with Crippen LogP contribution in [0.25, 0.3) is 6.08 Å². The molecule has 0 radical (unpaired) electrons. The molecule has 1 amide bonds. The maximum atomic E-state index is 10.9. The van der Waals surface area contributed by atoms with Crippen LogP contribution in [0.4, 0.5) is 0 Å². The summed E-state index contributed by atoms with van der Waals surface area (Å²) in [5.74, 6) is 1.96. The monoisotopic (exact) mass is 472 g/mol. The van der Waals surface area contributed by atoms with E-state index in [9.17, 15) is 4.79 Å². The molecule has 2 aliphatic heterocycles.